The summed E-state index contributed by atoms with van der Waals surface area (Å²) in [4.78, 5) is 16.1. The van der Waals surface area contributed by atoms with Crippen LogP contribution in [0.5, 0.6) is 11.5 Å². The Balaban J connectivity index is 1.64. The molecule has 2 aromatic carbocycles. The lowest BCUT2D eigenvalue weighted by Gasteiger charge is -2.18. The molecule has 2 rings (SSSR count). The van der Waals surface area contributed by atoms with Crippen LogP contribution in [0.1, 0.15) is 12.5 Å². The van der Waals surface area contributed by atoms with Gasteiger partial charge in [0.1, 0.15) is 23.4 Å². The molecule has 162 valence electrons. The third kappa shape index (κ3) is 8.38. The fraction of sp³-hybridized carbons (Fsp3) is 0.364. The van der Waals surface area contributed by atoms with E-state index in [0.29, 0.717) is 31.2 Å². The summed E-state index contributed by atoms with van der Waals surface area (Å²) >= 11 is 0. The van der Waals surface area contributed by atoms with Gasteiger partial charge in [-0.15, -0.1) is 0 Å². The minimum absolute atomic E-state index is 0.0957. The van der Waals surface area contributed by atoms with E-state index in [-0.39, 0.29) is 24.2 Å². The van der Waals surface area contributed by atoms with E-state index in [1.165, 1.54) is 12.1 Å². The van der Waals surface area contributed by atoms with Crippen molar-refractivity contribution in [3.63, 3.8) is 0 Å². The summed E-state index contributed by atoms with van der Waals surface area (Å²) in [5.41, 5.74) is 0.642. The summed E-state index contributed by atoms with van der Waals surface area (Å²) in [6.45, 7) is 3.42. The maximum absolute atomic E-state index is 13.2. The first kappa shape index (κ1) is 23.0. The van der Waals surface area contributed by atoms with E-state index in [4.69, 9.17) is 9.47 Å². The van der Waals surface area contributed by atoms with Crippen LogP contribution in [-0.2, 0) is 11.2 Å². The number of rotatable bonds is 10. The molecule has 1 atom stereocenters. The number of aliphatic imine (C=N–C) groups is 1. The topological polar surface area (TPSA) is 84.0 Å². The van der Waals surface area contributed by atoms with E-state index < -0.39 is 0 Å². The molecule has 1 unspecified atom stereocenters. The van der Waals surface area contributed by atoms with Gasteiger partial charge in [0.05, 0.1) is 20.1 Å². The highest BCUT2D eigenvalue weighted by atomic mass is 19.1. The highest BCUT2D eigenvalue weighted by molar-refractivity contribution is 5.80. The van der Waals surface area contributed by atoms with Crippen molar-refractivity contribution in [3.05, 3.63) is 59.9 Å². The Kier molecular flexibility index (Phi) is 9.44. The highest BCUT2D eigenvalue weighted by Gasteiger charge is 2.07. The number of nitrogens with one attached hydrogen (secondary N) is 3. The van der Waals surface area contributed by atoms with Crippen molar-refractivity contribution in [1.82, 2.24) is 16.0 Å². The standard InChI is InChI=1S/C22H29FN4O3/c1-16(30-20-9-5-8-19(14-20)29-3)15-27-22(24-2)26-11-10-25-21(28)13-17-6-4-7-18(23)12-17/h4-9,12,14,16H,10-11,13,15H2,1-3H3,(H,25,28)(H2,24,26,27). The molecular formula is C22H29FN4O3. The van der Waals surface area contributed by atoms with Gasteiger partial charge < -0.3 is 25.4 Å². The van der Waals surface area contributed by atoms with Gasteiger partial charge in [-0.2, -0.15) is 0 Å². The first-order valence-electron chi connectivity index (χ1n) is 9.76. The lowest BCUT2D eigenvalue weighted by atomic mass is 10.1. The fourth-order valence-corrected chi connectivity index (χ4v) is 2.69. The monoisotopic (exact) mass is 416 g/mol. The Labute approximate surface area is 176 Å². The Bertz CT molecular complexity index is 845. The molecule has 1 amide bonds. The molecule has 0 radical (unpaired) electrons. The molecule has 0 spiro atoms. The molecule has 0 saturated heterocycles. The Hall–Kier alpha value is -3.29. The van der Waals surface area contributed by atoms with Crippen molar-refractivity contribution in [2.75, 3.05) is 33.8 Å². The second-order valence-corrected chi connectivity index (χ2v) is 6.64. The largest absolute Gasteiger partial charge is 0.497 e. The van der Waals surface area contributed by atoms with E-state index in [9.17, 15) is 9.18 Å². The summed E-state index contributed by atoms with van der Waals surface area (Å²) < 4.78 is 24.2. The average molecular weight is 416 g/mol. The number of halogens is 1. The van der Waals surface area contributed by atoms with Gasteiger partial charge in [-0.25, -0.2) is 4.39 Å². The van der Waals surface area contributed by atoms with Gasteiger partial charge in [0.15, 0.2) is 5.96 Å². The van der Waals surface area contributed by atoms with Crippen LogP contribution < -0.4 is 25.4 Å². The molecule has 0 aliphatic heterocycles. The number of methoxy groups -OCH3 is 1. The first-order valence-corrected chi connectivity index (χ1v) is 9.76. The molecule has 7 nitrogen and oxygen atoms in total. The van der Waals surface area contributed by atoms with Gasteiger partial charge in [0.25, 0.3) is 0 Å². The van der Waals surface area contributed by atoms with Crippen molar-refractivity contribution in [2.45, 2.75) is 19.4 Å². The molecule has 30 heavy (non-hydrogen) atoms. The predicted octanol–water partition coefficient (Wildman–Crippen LogP) is 2.13. The lowest BCUT2D eigenvalue weighted by molar-refractivity contribution is -0.120. The third-order valence-electron chi connectivity index (χ3n) is 4.15. The number of nitrogens with zero attached hydrogens (tertiary/aromatic N) is 1. The molecule has 0 aliphatic carbocycles. The maximum Gasteiger partial charge on any atom is 0.224 e. The zero-order chi connectivity index (χ0) is 21.8. The van der Waals surface area contributed by atoms with Crippen LogP contribution in [0.25, 0.3) is 0 Å². The van der Waals surface area contributed by atoms with Gasteiger partial charge in [0, 0.05) is 26.2 Å². The van der Waals surface area contributed by atoms with Crippen LogP contribution in [0.15, 0.2) is 53.5 Å². The Morgan fingerprint density at radius 3 is 2.53 bits per heavy atom. The van der Waals surface area contributed by atoms with Crippen LogP contribution in [0.2, 0.25) is 0 Å². The number of ether oxygens (including phenoxy) is 2. The van der Waals surface area contributed by atoms with E-state index >= 15 is 0 Å². The summed E-state index contributed by atoms with van der Waals surface area (Å²) in [6.07, 6.45) is 0.0470. The average Bonchev–Trinajstić information content (AvgIpc) is 2.73. The van der Waals surface area contributed by atoms with E-state index in [1.54, 1.807) is 26.3 Å². The van der Waals surface area contributed by atoms with E-state index in [1.807, 2.05) is 31.2 Å². The Morgan fingerprint density at radius 1 is 1.07 bits per heavy atom. The van der Waals surface area contributed by atoms with Crippen LogP contribution >= 0.6 is 0 Å². The van der Waals surface area contributed by atoms with Gasteiger partial charge >= 0.3 is 0 Å². The highest BCUT2D eigenvalue weighted by Crippen LogP contribution is 2.19. The molecule has 0 saturated carbocycles. The number of benzene rings is 2. The second-order valence-electron chi connectivity index (χ2n) is 6.64. The minimum atomic E-state index is -0.346. The quantitative estimate of drug-likeness (QED) is 0.314. The summed E-state index contributed by atoms with van der Waals surface area (Å²) in [5.74, 6) is 1.57. The molecule has 0 heterocycles. The van der Waals surface area contributed by atoms with Crippen LogP contribution in [0, 0.1) is 5.82 Å². The number of guanidine groups is 1. The summed E-state index contributed by atoms with van der Waals surface area (Å²) in [5, 5.41) is 9.10. The van der Waals surface area contributed by atoms with Crippen molar-refractivity contribution in [1.29, 1.82) is 0 Å². The first-order chi connectivity index (χ1) is 14.5. The minimum Gasteiger partial charge on any atom is -0.497 e. The maximum atomic E-state index is 13.2. The smallest absolute Gasteiger partial charge is 0.224 e. The second kappa shape index (κ2) is 12.3. The SMILES string of the molecule is CN=C(NCCNC(=O)Cc1cccc(F)c1)NCC(C)Oc1cccc(OC)c1. The number of amides is 1. The lowest BCUT2D eigenvalue weighted by Crippen LogP contribution is -2.44. The van der Waals surface area contributed by atoms with E-state index in [0.717, 1.165) is 11.5 Å². The van der Waals surface area contributed by atoms with E-state index in [2.05, 4.69) is 20.9 Å². The van der Waals surface area contributed by atoms with Gasteiger partial charge in [0.2, 0.25) is 5.91 Å². The third-order valence-corrected chi connectivity index (χ3v) is 4.15. The summed E-state index contributed by atoms with van der Waals surface area (Å²) in [7, 11) is 3.29. The molecule has 0 bridgehead atoms. The molecule has 0 aromatic heterocycles. The number of carbonyl (C=O) groups excluding carboxylic acids is 1. The summed E-state index contributed by atoms with van der Waals surface area (Å²) in [6, 6.07) is 13.5. The normalized spacial score (nSPS) is 12.1. The number of hydrogen-bond donors (Lipinski definition) is 3. The van der Waals surface area contributed by atoms with Crippen LogP contribution in [0.4, 0.5) is 4.39 Å². The van der Waals surface area contributed by atoms with Gasteiger partial charge in [-0.05, 0) is 36.8 Å². The van der Waals surface area contributed by atoms with Crippen molar-refractivity contribution >= 4 is 11.9 Å². The van der Waals surface area contributed by atoms with Crippen molar-refractivity contribution in [2.24, 2.45) is 4.99 Å². The van der Waals surface area contributed by atoms with Crippen molar-refractivity contribution < 1.29 is 18.7 Å². The molecule has 0 aliphatic rings. The van der Waals surface area contributed by atoms with Gasteiger partial charge in [-0.3, -0.25) is 9.79 Å². The molecular weight excluding hydrogens is 387 g/mol. The van der Waals surface area contributed by atoms with Crippen LogP contribution in [-0.4, -0.2) is 51.8 Å². The molecule has 3 N–H and O–H groups in total. The molecule has 2 aromatic rings. The Morgan fingerprint density at radius 2 is 1.80 bits per heavy atom. The fourth-order valence-electron chi connectivity index (χ4n) is 2.69. The van der Waals surface area contributed by atoms with Crippen LogP contribution in [0.3, 0.4) is 0 Å². The number of hydrogen-bond acceptors (Lipinski definition) is 4. The molecule has 8 heteroatoms. The zero-order valence-electron chi connectivity index (χ0n) is 17.6. The van der Waals surface area contributed by atoms with Crippen molar-refractivity contribution in [3.8, 4) is 11.5 Å². The zero-order valence-corrected chi connectivity index (χ0v) is 17.6. The predicted molar refractivity (Wildman–Crippen MR) is 116 cm³/mol. The number of carbonyl (C=O) groups is 1. The molecule has 0 fully saturated rings. The van der Waals surface area contributed by atoms with Gasteiger partial charge in [-0.1, -0.05) is 18.2 Å².